The van der Waals surface area contributed by atoms with Gasteiger partial charge in [-0.1, -0.05) is 80.5 Å². The number of pyridine rings is 2. The molecule has 0 atom stereocenters. The molecule has 220 valence electrons. The summed E-state index contributed by atoms with van der Waals surface area (Å²) in [6.07, 6.45) is 1.89. The lowest BCUT2D eigenvalue weighted by Gasteiger charge is -2.25. The summed E-state index contributed by atoms with van der Waals surface area (Å²) in [5.41, 5.74) is 5.71. The van der Waals surface area contributed by atoms with Crippen molar-refractivity contribution in [3.63, 3.8) is 0 Å². The van der Waals surface area contributed by atoms with Crippen LogP contribution < -0.4 is 4.74 Å². The first-order valence-electron chi connectivity index (χ1n) is 15.0. The number of fused-ring (bicyclic) bond motifs is 4. The third kappa shape index (κ3) is 5.22. The lowest BCUT2D eigenvalue weighted by molar-refractivity contribution is 0.456. The zero-order valence-corrected chi connectivity index (χ0v) is 26.7. The highest BCUT2D eigenvalue weighted by Crippen LogP contribution is 2.40. The summed E-state index contributed by atoms with van der Waals surface area (Å²) in [4.78, 5) is 9.62. The van der Waals surface area contributed by atoms with Gasteiger partial charge in [0.05, 0.1) is 11.0 Å². The number of phenols is 1. The Morgan fingerprint density at radius 2 is 1.35 bits per heavy atom. The van der Waals surface area contributed by atoms with Gasteiger partial charge in [-0.05, 0) is 75.4 Å². The van der Waals surface area contributed by atoms with Gasteiger partial charge >= 0.3 is 0 Å². The van der Waals surface area contributed by atoms with Crippen LogP contribution in [0.25, 0.3) is 38.5 Å². The number of rotatable bonds is 3. The molecule has 0 unspecified atom stereocenters. The summed E-state index contributed by atoms with van der Waals surface area (Å²) in [5.74, 6) is 2.15. The van der Waals surface area contributed by atoms with Gasteiger partial charge in [0, 0.05) is 34.5 Å². The molecule has 3 aromatic carbocycles. The Kier molecular flexibility index (Phi) is 6.57. The second-order valence-corrected chi connectivity index (χ2v) is 14.7. The van der Waals surface area contributed by atoms with Gasteiger partial charge in [-0.2, -0.15) is 0 Å². The topological polar surface area (TPSA) is 60.2 Å². The smallest absolute Gasteiger partial charge is 0.220 e. The maximum atomic E-state index is 11.1. The Morgan fingerprint density at radius 3 is 2.05 bits per heavy atom. The normalized spacial score (nSPS) is 12.9. The summed E-state index contributed by atoms with van der Waals surface area (Å²) in [7, 11) is 0. The SMILES string of the molecule is CC(C)(C)c1ccnc(-n2c3ccccc3c3ccc(Oc4cc(C(C)(C)C)c5cc(C(C)(C)C)cc(O)c5n4)cc32)c1. The highest BCUT2D eigenvalue weighted by atomic mass is 16.5. The molecular formula is C38H41N3O2. The second-order valence-electron chi connectivity index (χ2n) is 14.7. The first-order chi connectivity index (χ1) is 20.1. The number of aromatic hydroxyl groups is 1. The van der Waals surface area contributed by atoms with E-state index >= 15 is 0 Å². The fraction of sp³-hybridized carbons (Fsp3) is 0.316. The van der Waals surface area contributed by atoms with E-state index in [4.69, 9.17) is 14.7 Å². The summed E-state index contributed by atoms with van der Waals surface area (Å²) in [6.45, 7) is 19.6. The van der Waals surface area contributed by atoms with E-state index in [0.29, 0.717) is 17.1 Å². The van der Waals surface area contributed by atoms with Crippen LogP contribution in [0.4, 0.5) is 0 Å². The molecule has 0 amide bonds. The van der Waals surface area contributed by atoms with Gasteiger partial charge in [0.25, 0.3) is 0 Å². The van der Waals surface area contributed by atoms with Crippen molar-refractivity contribution in [3.8, 4) is 23.2 Å². The van der Waals surface area contributed by atoms with E-state index in [0.717, 1.165) is 44.1 Å². The van der Waals surface area contributed by atoms with E-state index < -0.39 is 0 Å². The molecule has 0 aliphatic heterocycles. The van der Waals surface area contributed by atoms with Gasteiger partial charge in [0.2, 0.25) is 5.88 Å². The third-order valence-corrected chi connectivity index (χ3v) is 8.25. The first-order valence-corrected chi connectivity index (χ1v) is 15.0. The fourth-order valence-corrected chi connectivity index (χ4v) is 5.78. The fourth-order valence-electron chi connectivity index (χ4n) is 5.78. The summed E-state index contributed by atoms with van der Waals surface area (Å²) < 4.78 is 8.70. The molecule has 0 aliphatic carbocycles. The van der Waals surface area contributed by atoms with Crippen LogP contribution >= 0.6 is 0 Å². The zero-order valence-electron chi connectivity index (χ0n) is 26.7. The van der Waals surface area contributed by atoms with E-state index in [2.05, 4.69) is 121 Å². The van der Waals surface area contributed by atoms with Crippen LogP contribution in [0.5, 0.6) is 17.4 Å². The van der Waals surface area contributed by atoms with Gasteiger partial charge in [-0.15, -0.1) is 0 Å². The lowest BCUT2D eigenvalue weighted by atomic mass is 9.81. The van der Waals surface area contributed by atoms with Crippen LogP contribution in [0.15, 0.2) is 79.0 Å². The Labute approximate surface area is 254 Å². The molecule has 6 rings (SSSR count). The van der Waals surface area contributed by atoms with Crippen molar-refractivity contribution in [1.82, 2.24) is 14.5 Å². The van der Waals surface area contributed by atoms with E-state index in [1.165, 1.54) is 5.56 Å². The van der Waals surface area contributed by atoms with Crippen molar-refractivity contribution in [1.29, 1.82) is 0 Å². The van der Waals surface area contributed by atoms with Crippen LogP contribution in [-0.2, 0) is 16.2 Å². The van der Waals surface area contributed by atoms with E-state index in [-0.39, 0.29) is 22.0 Å². The number of hydrogen-bond donors (Lipinski definition) is 1. The summed E-state index contributed by atoms with van der Waals surface area (Å²) in [5, 5.41) is 14.4. The highest BCUT2D eigenvalue weighted by molar-refractivity contribution is 6.09. The average molecular weight is 572 g/mol. The predicted octanol–water partition coefficient (Wildman–Crippen LogP) is 10.1. The molecule has 43 heavy (non-hydrogen) atoms. The van der Waals surface area contributed by atoms with Crippen molar-refractivity contribution >= 4 is 32.7 Å². The van der Waals surface area contributed by atoms with Crippen molar-refractivity contribution in [2.75, 3.05) is 0 Å². The number of phenolic OH excluding ortho intramolecular Hbond substituents is 1. The van der Waals surface area contributed by atoms with Crippen molar-refractivity contribution in [2.24, 2.45) is 0 Å². The van der Waals surface area contributed by atoms with Gasteiger partial charge in [-0.3, -0.25) is 4.57 Å². The first kappa shape index (κ1) is 28.7. The molecule has 0 bridgehead atoms. The molecule has 6 aromatic rings. The molecular weight excluding hydrogens is 530 g/mol. The maximum Gasteiger partial charge on any atom is 0.220 e. The van der Waals surface area contributed by atoms with Crippen LogP contribution in [0, 0.1) is 0 Å². The minimum Gasteiger partial charge on any atom is -0.506 e. The van der Waals surface area contributed by atoms with Crippen LogP contribution in [0.1, 0.15) is 79.0 Å². The number of hydrogen-bond acceptors (Lipinski definition) is 4. The molecule has 3 heterocycles. The quantitative estimate of drug-likeness (QED) is 0.230. The average Bonchev–Trinajstić information content (AvgIpc) is 3.25. The summed E-state index contributed by atoms with van der Waals surface area (Å²) in [6, 6.07) is 24.8. The zero-order chi connectivity index (χ0) is 30.9. The molecule has 5 heteroatoms. The minimum atomic E-state index is -0.192. The van der Waals surface area contributed by atoms with Crippen molar-refractivity contribution in [3.05, 3.63) is 95.7 Å². The van der Waals surface area contributed by atoms with E-state index in [1.54, 1.807) is 0 Å². The van der Waals surface area contributed by atoms with Crippen LogP contribution in [0.2, 0.25) is 0 Å². The van der Waals surface area contributed by atoms with Gasteiger partial charge in [-0.25, -0.2) is 9.97 Å². The number of para-hydroxylation sites is 1. The maximum absolute atomic E-state index is 11.1. The van der Waals surface area contributed by atoms with E-state index in [9.17, 15) is 5.11 Å². The summed E-state index contributed by atoms with van der Waals surface area (Å²) >= 11 is 0. The molecule has 0 aliphatic rings. The molecule has 3 aromatic heterocycles. The lowest BCUT2D eigenvalue weighted by Crippen LogP contribution is -2.15. The Hall–Kier alpha value is -4.38. The number of aromatic nitrogens is 3. The predicted molar refractivity (Wildman–Crippen MR) is 178 cm³/mol. The number of ether oxygens (including phenoxy) is 1. The standard InChI is InChI=1S/C38H41N3O2/c1-36(2,3)23-16-17-39-33(20-23)41-30-13-11-10-12-26(30)27-15-14-25(21-31(27)41)43-34-22-29(38(7,8)9)28-18-24(37(4,5)6)19-32(42)35(28)40-34/h10-22,42H,1-9H3. The van der Waals surface area contributed by atoms with Crippen LogP contribution in [0.3, 0.4) is 0 Å². The molecule has 0 saturated carbocycles. The Balaban J connectivity index is 1.52. The van der Waals surface area contributed by atoms with E-state index in [1.807, 2.05) is 24.4 Å². The minimum absolute atomic E-state index is 0.00353. The monoisotopic (exact) mass is 571 g/mol. The molecule has 0 saturated heterocycles. The van der Waals surface area contributed by atoms with Crippen molar-refractivity contribution < 1.29 is 9.84 Å². The Bertz CT molecular complexity index is 2010. The number of benzene rings is 3. The Morgan fingerprint density at radius 1 is 0.651 bits per heavy atom. The molecule has 0 spiro atoms. The van der Waals surface area contributed by atoms with Gasteiger partial charge < -0.3 is 9.84 Å². The number of nitrogens with zero attached hydrogens (tertiary/aromatic N) is 3. The van der Waals surface area contributed by atoms with Crippen LogP contribution in [-0.4, -0.2) is 19.6 Å². The molecule has 0 fully saturated rings. The molecule has 1 N–H and O–H groups in total. The molecule has 0 radical (unpaired) electrons. The van der Waals surface area contributed by atoms with Gasteiger partial charge in [0.1, 0.15) is 22.8 Å². The van der Waals surface area contributed by atoms with Gasteiger partial charge in [0.15, 0.2) is 0 Å². The third-order valence-electron chi connectivity index (χ3n) is 8.25. The van der Waals surface area contributed by atoms with Crippen molar-refractivity contribution in [2.45, 2.75) is 78.6 Å². The second kappa shape index (κ2) is 9.84. The highest BCUT2D eigenvalue weighted by Gasteiger charge is 2.24. The molecule has 5 nitrogen and oxygen atoms in total. The largest absolute Gasteiger partial charge is 0.506 e.